The normalized spacial score (nSPS) is 13.2. The van der Waals surface area contributed by atoms with Gasteiger partial charge in [-0.05, 0) is 42.3 Å². The van der Waals surface area contributed by atoms with Gasteiger partial charge in [0, 0.05) is 0 Å². The fourth-order valence-corrected chi connectivity index (χ4v) is 2.30. The lowest BCUT2D eigenvalue weighted by molar-refractivity contribution is -0.121. The molecular formula is C18H20FNO3. The first kappa shape index (κ1) is 17.0. The predicted octanol–water partition coefficient (Wildman–Crippen LogP) is 2.62. The van der Waals surface area contributed by atoms with Gasteiger partial charge in [0.25, 0.3) is 0 Å². The van der Waals surface area contributed by atoms with E-state index in [1.807, 2.05) is 18.2 Å². The number of methoxy groups -OCH3 is 1. The maximum absolute atomic E-state index is 12.9. The summed E-state index contributed by atoms with van der Waals surface area (Å²) in [7, 11) is 1.57. The van der Waals surface area contributed by atoms with Crippen LogP contribution < -0.4 is 10.1 Å². The Morgan fingerprint density at radius 3 is 2.61 bits per heavy atom. The highest BCUT2D eigenvalue weighted by atomic mass is 19.1. The molecule has 2 N–H and O–H groups in total. The third kappa shape index (κ3) is 4.79. The number of hydrogen-bond donors (Lipinski definition) is 2. The van der Waals surface area contributed by atoms with E-state index in [1.165, 1.54) is 24.3 Å². The van der Waals surface area contributed by atoms with Crippen molar-refractivity contribution in [2.75, 3.05) is 7.11 Å². The molecule has 0 bridgehead atoms. The standard InChI is InChI=1S/C18H20FNO3/c1-12(18(22)14-6-8-15(19)9-7-14)20-17(21)11-13-4-3-5-16(10-13)23-2/h3-10,12,18,22H,11H2,1-2H3,(H,20,21). The van der Waals surface area contributed by atoms with Crippen LogP contribution in [0.2, 0.25) is 0 Å². The van der Waals surface area contributed by atoms with Crippen LogP contribution in [0.15, 0.2) is 48.5 Å². The van der Waals surface area contributed by atoms with Crippen LogP contribution >= 0.6 is 0 Å². The number of aliphatic hydroxyl groups excluding tert-OH is 1. The minimum Gasteiger partial charge on any atom is -0.497 e. The van der Waals surface area contributed by atoms with Crippen LogP contribution in [0.4, 0.5) is 4.39 Å². The fraction of sp³-hybridized carbons (Fsp3) is 0.278. The van der Waals surface area contributed by atoms with Gasteiger partial charge in [-0.25, -0.2) is 4.39 Å². The van der Waals surface area contributed by atoms with Crippen molar-refractivity contribution in [2.45, 2.75) is 25.5 Å². The third-order valence-corrected chi connectivity index (χ3v) is 3.57. The zero-order valence-corrected chi connectivity index (χ0v) is 13.1. The number of hydrogen-bond acceptors (Lipinski definition) is 3. The van der Waals surface area contributed by atoms with Crippen molar-refractivity contribution in [2.24, 2.45) is 0 Å². The molecule has 0 radical (unpaired) electrons. The van der Waals surface area contributed by atoms with Crippen molar-refractivity contribution in [1.29, 1.82) is 0 Å². The summed E-state index contributed by atoms with van der Waals surface area (Å²) in [5, 5.41) is 13.0. The zero-order valence-electron chi connectivity index (χ0n) is 13.1. The summed E-state index contributed by atoms with van der Waals surface area (Å²) < 4.78 is 18.0. The summed E-state index contributed by atoms with van der Waals surface area (Å²) >= 11 is 0. The molecule has 5 heteroatoms. The smallest absolute Gasteiger partial charge is 0.224 e. The largest absolute Gasteiger partial charge is 0.497 e. The van der Waals surface area contributed by atoms with Crippen molar-refractivity contribution in [1.82, 2.24) is 5.32 Å². The average Bonchev–Trinajstić information content (AvgIpc) is 2.54. The highest BCUT2D eigenvalue weighted by Crippen LogP contribution is 2.18. The van der Waals surface area contributed by atoms with Crippen LogP contribution in [-0.4, -0.2) is 24.2 Å². The molecule has 23 heavy (non-hydrogen) atoms. The predicted molar refractivity (Wildman–Crippen MR) is 85.7 cm³/mol. The maximum Gasteiger partial charge on any atom is 0.224 e. The van der Waals surface area contributed by atoms with E-state index >= 15 is 0 Å². The second kappa shape index (κ2) is 7.74. The lowest BCUT2D eigenvalue weighted by Gasteiger charge is -2.20. The summed E-state index contributed by atoms with van der Waals surface area (Å²) in [5.74, 6) is 0.122. The fourth-order valence-electron chi connectivity index (χ4n) is 2.30. The Labute approximate surface area is 134 Å². The Morgan fingerprint density at radius 2 is 1.96 bits per heavy atom. The van der Waals surface area contributed by atoms with E-state index in [-0.39, 0.29) is 18.1 Å². The second-order valence-electron chi connectivity index (χ2n) is 5.38. The quantitative estimate of drug-likeness (QED) is 0.861. The van der Waals surface area contributed by atoms with Crippen LogP contribution in [0.1, 0.15) is 24.2 Å². The van der Waals surface area contributed by atoms with E-state index in [9.17, 15) is 14.3 Å². The Hall–Kier alpha value is -2.40. The molecule has 0 saturated carbocycles. The molecule has 0 fully saturated rings. The number of benzene rings is 2. The Bertz CT molecular complexity index is 658. The summed E-state index contributed by atoms with van der Waals surface area (Å²) in [6.45, 7) is 1.71. The molecule has 0 heterocycles. The van der Waals surface area contributed by atoms with Gasteiger partial charge in [0.2, 0.25) is 5.91 Å². The number of amides is 1. The molecule has 4 nitrogen and oxygen atoms in total. The van der Waals surface area contributed by atoms with Crippen LogP contribution in [0.3, 0.4) is 0 Å². The number of halogens is 1. The maximum atomic E-state index is 12.9. The van der Waals surface area contributed by atoms with Gasteiger partial charge in [0.05, 0.1) is 25.7 Å². The van der Waals surface area contributed by atoms with Gasteiger partial charge in [0.15, 0.2) is 0 Å². The van der Waals surface area contributed by atoms with Crippen LogP contribution in [0, 0.1) is 5.82 Å². The summed E-state index contributed by atoms with van der Waals surface area (Å²) in [6, 6.07) is 12.3. The van der Waals surface area contributed by atoms with Gasteiger partial charge in [-0.3, -0.25) is 4.79 Å². The minimum absolute atomic E-state index is 0.192. The molecular weight excluding hydrogens is 297 g/mol. The molecule has 0 aromatic heterocycles. The number of carbonyl (C=O) groups is 1. The molecule has 0 aliphatic rings. The van der Waals surface area contributed by atoms with E-state index < -0.39 is 12.1 Å². The molecule has 0 spiro atoms. The van der Waals surface area contributed by atoms with E-state index in [4.69, 9.17) is 4.74 Å². The monoisotopic (exact) mass is 317 g/mol. The van der Waals surface area contributed by atoms with Gasteiger partial charge in [-0.2, -0.15) is 0 Å². The average molecular weight is 317 g/mol. The number of carbonyl (C=O) groups excluding carboxylic acids is 1. The van der Waals surface area contributed by atoms with E-state index in [0.717, 1.165) is 5.56 Å². The molecule has 2 rings (SSSR count). The summed E-state index contributed by atoms with van der Waals surface area (Å²) in [6.07, 6.45) is -0.706. The van der Waals surface area contributed by atoms with Crippen LogP contribution in [0.25, 0.3) is 0 Å². The highest BCUT2D eigenvalue weighted by Gasteiger charge is 2.18. The molecule has 1 amide bonds. The zero-order chi connectivity index (χ0) is 16.8. The minimum atomic E-state index is -0.898. The Kier molecular flexibility index (Phi) is 5.71. The van der Waals surface area contributed by atoms with Crippen molar-refractivity contribution < 1.29 is 19.0 Å². The lowest BCUT2D eigenvalue weighted by atomic mass is 10.0. The van der Waals surface area contributed by atoms with Crippen molar-refractivity contribution in [3.63, 3.8) is 0 Å². The molecule has 0 aliphatic carbocycles. The van der Waals surface area contributed by atoms with E-state index in [2.05, 4.69) is 5.32 Å². The van der Waals surface area contributed by atoms with E-state index in [1.54, 1.807) is 20.1 Å². The molecule has 0 aliphatic heterocycles. The van der Waals surface area contributed by atoms with Gasteiger partial charge < -0.3 is 15.2 Å². The molecule has 2 aromatic carbocycles. The van der Waals surface area contributed by atoms with Crippen molar-refractivity contribution >= 4 is 5.91 Å². The van der Waals surface area contributed by atoms with Gasteiger partial charge in [-0.1, -0.05) is 24.3 Å². The van der Waals surface area contributed by atoms with Gasteiger partial charge in [0.1, 0.15) is 11.6 Å². The first-order valence-electron chi connectivity index (χ1n) is 7.35. The SMILES string of the molecule is COc1cccc(CC(=O)NC(C)C(O)c2ccc(F)cc2)c1. The molecule has 2 atom stereocenters. The highest BCUT2D eigenvalue weighted by molar-refractivity contribution is 5.79. The van der Waals surface area contributed by atoms with Crippen LogP contribution in [-0.2, 0) is 11.2 Å². The topological polar surface area (TPSA) is 58.6 Å². The molecule has 122 valence electrons. The number of nitrogens with one attached hydrogen (secondary N) is 1. The Morgan fingerprint density at radius 1 is 1.26 bits per heavy atom. The van der Waals surface area contributed by atoms with Gasteiger partial charge in [-0.15, -0.1) is 0 Å². The van der Waals surface area contributed by atoms with Crippen LogP contribution in [0.5, 0.6) is 5.75 Å². The molecule has 0 saturated heterocycles. The summed E-state index contributed by atoms with van der Waals surface area (Å²) in [5.41, 5.74) is 1.38. The number of ether oxygens (including phenoxy) is 1. The first-order chi connectivity index (χ1) is 11.0. The van der Waals surface area contributed by atoms with Gasteiger partial charge >= 0.3 is 0 Å². The van der Waals surface area contributed by atoms with Crippen molar-refractivity contribution in [3.8, 4) is 5.75 Å². The third-order valence-electron chi connectivity index (χ3n) is 3.57. The van der Waals surface area contributed by atoms with Crippen molar-refractivity contribution in [3.05, 3.63) is 65.5 Å². The first-order valence-corrected chi connectivity index (χ1v) is 7.35. The molecule has 2 unspecified atom stereocenters. The second-order valence-corrected chi connectivity index (χ2v) is 5.38. The molecule has 2 aromatic rings. The Balaban J connectivity index is 1.94. The van der Waals surface area contributed by atoms with E-state index in [0.29, 0.717) is 11.3 Å². The summed E-state index contributed by atoms with van der Waals surface area (Å²) in [4.78, 5) is 12.1. The lowest BCUT2D eigenvalue weighted by Crippen LogP contribution is -2.37. The number of rotatable bonds is 6. The number of aliphatic hydroxyl groups is 1.